The Hall–Kier alpha value is -1.19. The van der Waals surface area contributed by atoms with Crippen molar-refractivity contribution in [2.45, 2.75) is 17.6 Å². The van der Waals surface area contributed by atoms with Crippen LogP contribution in [0.5, 0.6) is 0 Å². The van der Waals surface area contributed by atoms with Gasteiger partial charge in [0.1, 0.15) is 5.82 Å². The monoisotopic (exact) mass is 278 g/mol. The molecule has 0 bridgehead atoms. The van der Waals surface area contributed by atoms with Crippen LogP contribution in [0.4, 0.5) is 5.82 Å². The highest BCUT2D eigenvalue weighted by molar-refractivity contribution is 7.98. The van der Waals surface area contributed by atoms with E-state index in [4.69, 9.17) is 11.6 Å². The lowest BCUT2D eigenvalue weighted by Crippen LogP contribution is -1.99. The number of halogens is 1. The maximum absolute atomic E-state index is 6.13. The Kier molecular flexibility index (Phi) is 4.90. The molecule has 0 unspecified atom stereocenters. The molecule has 1 N–H and O–H groups in total. The van der Waals surface area contributed by atoms with Crippen LogP contribution in [0.15, 0.2) is 47.5 Å². The molecule has 0 amide bonds. The van der Waals surface area contributed by atoms with Crippen molar-refractivity contribution < 1.29 is 0 Å². The summed E-state index contributed by atoms with van der Waals surface area (Å²) in [4.78, 5) is 5.37. The van der Waals surface area contributed by atoms with Gasteiger partial charge in [0, 0.05) is 23.4 Å². The van der Waals surface area contributed by atoms with Crippen molar-refractivity contribution in [3.63, 3.8) is 0 Å². The quantitative estimate of drug-likeness (QED) is 0.818. The van der Waals surface area contributed by atoms with Gasteiger partial charge in [-0.1, -0.05) is 23.7 Å². The van der Waals surface area contributed by atoms with Gasteiger partial charge in [0.25, 0.3) is 0 Å². The first-order valence-corrected chi connectivity index (χ1v) is 7.22. The average Bonchev–Trinajstić information content (AvgIpc) is 2.39. The zero-order valence-corrected chi connectivity index (χ0v) is 11.8. The van der Waals surface area contributed by atoms with E-state index < -0.39 is 0 Å². The van der Waals surface area contributed by atoms with E-state index in [1.807, 2.05) is 36.5 Å². The Morgan fingerprint density at radius 1 is 1.28 bits per heavy atom. The Bertz CT molecular complexity index is 517. The third kappa shape index (κ3) is 3.65. The molecule has 0 spiro atoms. The summed E-state index contributed by atoms with van der Waals surface area (Å²) in [7, 11) is 0. The maximum Gasteiger partial charge on any atom is 0.126 e. The maximum atomic E-state index is 6.13. The molecule has 1 heterocycles. The molecule has 0 atom stereocenters. The van der Waals surface area contributed by atoms with E-state index in [1.54, 1.807) is 11.8 Å². The number of hydrogen-bond acceptors (Lipinski definition) is 3. The number of aromatic nitrogens is 1. The van der Waals surface area contributed by atoms with Gasteiger partial charge in [-0.3, -0.25) is 0 Å². The van der Waals surface area contributed by atoms with Crippen molar-refractivity contribution in [2.75, 3.05) is 11.9 Å². The molecule has 0 fully saturated rings. The number of nitrogens with one attached hydrogen (secondary N) is 1. The molecule has 4 heteroatoms. The second-order valence-corrected chi connectivity index (χ2v) is 5.22. The van der Waals surface area contributed by atoms with Crippen LogP contribution >= 0.6 is 23.4 Å². The number of pyridine rings is 1. The highest BCUT2D eigenvalue weighted by Gasteiger charge is 2.01. The Balaban J connectivity index is 2.02. The van der Waals surface area contributed by atoms with Crippen molar-refractivity contribution in [1.29, 1.82) is 0 Å². The van der Waals surface area contributed by atoms with Crippen molar-refractivity contribution in [2.24, 2.45) is 0 Å². The summed E-state index contributed by atoms with van der Waals surface area (Å²) >= 11 is 7.87. The Morgan fingerprint density at radius 3 is 2.89 bits per heavy atom. The van der Waals surface area contributed by atoms with E-state index in [9.17, 15) is 0 Å². The smallest absolute Gasteiger partial charge is 0.126 e. The Morgan fingerprint density at radius 2 is 2.11 bits per heavy atom. The van der Waals surface area contributed by atoms with Gasteiger partial charge in [0.05, 0.1) is 5.02 Å². The average molecular weight is 279 g/mol. The molecule has 1 aromatic heterocycles. The fraction of sp³-hybridized carbons (Fsp3) is 0.214. The molecular formula is C14H15ClN2S. The number of nitrogens with zero attached hydrogens (tertiary/aromatic N) is 1. The third-order valence-electron chi connectivity index (χ3n) is 2.41. The minimum atomic E-state index is 0.809. The van der Waals surface area contributed by atoms with Crippen LogP contribution in [0.1, 0.15) is 12.5 Å². The minimum Gasteiger partial charge on any atom is -0.370 e. The van der Waals surface area contributed by atoms with Gasteiger partial charge in [0.15, 0.2) is 0 Å². The minimum absolute atomic E-state index is 0.809. The summed E-state index contributed by atoms with van der Waals surface area (Å²) in [5.41, 5.74) is 1.24. The van der Waals surface area contributed by atoms with Gasteiger partial charge in [-0.05, 0) is 36.8 Å². The standard InChI is InChI=1S/C14H15ClN2S/c1-2-16-14-9-11(7-8-17-14)10-18-13-6-4-3-5-12(13)15/h3-9H,2,10H2,1H3,(H,16,17). The van der Waals surface area contributed by atoms with E-state index in [-0.39, 0.29) is 0 Å². The molecule has 18 heavy (non-hydrogen) atoms. The summed E-state index contributed by atoms with van der Waals surface area (Å²) < 4.78 is 0. The molecule has 94 valence electrons. The van der Waals surface area contributed by atoms with Crippen LogP contribution in [0.25, 0.3) is 0 Å². The lowest BCUT2D eigenvalue weighted by molar-refractivity contribution is 1.15. The number of benzene rings is 1. The number of anilines is 1. The van der Waals surface area contributed by atoms with E-state index >= 15 is 0 Å². The molecule has 0 saturated heterocycles. The zero-order valence-electron chi connectivity index (χ0n) is 10.2. The van der Waals surface area contributed by atoms with E-state index in [0.717, 1.165) is 28.0 Å². The normalized spacial score (nSPS) is 10.3. The number of hydrogen-bond donors (Lipinski definition) is 1. The predicted octanol–water partition coefficient (Wildman–Crippen LogP) is 4.46. The van der Waals surface area contributed by atoms with Crippen LogP contribution in [-0.2, 0) is 5.75 Å². The lowest BCUT2D eigenvalue weighted by atomic mass is 10.3. The first-order chi connectivity index (χ1) is 8.79. The van der Waals surface area contributed by atoms with Crippen LogP contribution in [0.2, 0.25) is 5.02 Å². The SMILES string of the molecule is CCNc1cc(CSc2ccccc2Cl)ccn1. The molecule has 0 radical (unpaired) electrons. The van der Waals surface area contributed by atoms with Gasteiger partial charge < -0.3 is 5.32 Å². The summed E-state index contributed by atoms with van der Waals surface area (Å²) in [6, 6.07) is 12.0. The van der Waals surface area contributed by atoms with Crippen molar-refractivity contribution in [3.05, 3.63) is 53.2 Å². The van der Waals surface area contributed by atoms with Gasteiger partial charge in [-0.15, -0.1) is 11.8 Å². The second kappa shape index (κ2) is 6.66. The van der Waals surface area contributed by atoms with E-state index in [0.29, 0.717) is 0 Å². The van der Waals surface area contributed by atoms with Crippen LogP contribution in [0.3, 0.4) is 0 Å². The molecule has 2 nitrogen and oxygen atoms in total. The van der Waals surface area contributed by atoms with Crippen molar-refractivity contribution >= 4 is 29.2 Å². The molecular weight excluding hydrogens is 264 g/mol. The lowest BCUT2D eigenvalue weighted by Gasteiger charge is -2.06. The van der Waals surface area contributed by atoms with Gasteiger partial charge >= 0.3 is 0 Å². The third-order valence-corrected chi connectivity index (χ3v) is 4.00. The van der Waals surface area contributed by atoms with Gasteiger partial charge in [-0.25, -0.2) is 4.98 Å². The highest BCUT2D eigenvalue weighted by atomic mass is 35.5. The van der Waals surface area contributed by atoms with Crippen molar-refractivity contribution in [1.82, 2.24) is 4.98 Å². The second-order valence-electron chi connectivity index (χ2n) is 3.80. The number of thioether (sulfide) groups is 1. The largest absolute Gasteiger partial charge is 0.370 e. The molecule has 2 rings (SSSR count). The zero-order chi connectivity index (χ0) is 12.8. The fourth-order valence-electron chi connectivity index (χ4n) is 1.56. The molecule has 1 aromatic carbocycles. The van der Waals surface area contributed by atoms with Crippen LogP contribution < -0.4 is 5.32 Å². The highest BCUT2D eigenvalue weighted by Crippen LogP contribution is 2.29. The first kappa shape index (κ1) is 13.2. The molecule has 0 saturated carbocycles. The topological polar surface area (TPSA) is 24.9 Å². The van der Waals surface area contributed by atoms with Crippen molar-refractivity contribution in [3.8, 4) is 0 Å². The summed E-state index contributed by atoms with van der Waals surface area (Å²) in [5, 5.41) is 4.02. The molecule has 2 aromatic rings. The van der Waals surface area contributed by atoms with Gasteiger partial charge in [0.2, 0.25) is 0 Å². The number of rotatable bonds is 5. The summed E-state index contributed by atoms with van der Waals surface area (Å²) in [6.45, 7) is 2.95. The summed E-state index contributed by atoms with van der Waals surface area (Å²) in [5.74, 6) is 1.82. The van der Waals surface area contributed by atoms with Crippen LogP contribution in [0, 0.1) is 0 Å². The van der Waals surface area contributed by atoms with Crippen LogP contribution in [-0.4, -0.2) is 11.5 Å². The first-order valence-electron chi connectivity index (χ1n) is 5.85. The fourth-order valence-corrected chi connectivity index (χ4v) is 2.75. The summed E-state index contributed by atoms with van der Waals surface area (Å²) in [6.07, 6.45) is 1.83. The van der Waals surface area contributed by atoms with E-state index in [2.05, 4.69) is 23.3 Å². The van der Waals surface area contributed by atoms with Gasteiger partial charge in [-0.2, -0.15) is 0 Å². The molecule has 0 aliphatic rings. The molecule has 0 aliphatic heterocycles. The molecule has 0 aliphatic carbocycles. The predicted molar refractivity (Wildman–Crippen MR) is 79.4 cm³/mol. The Labute approximate surface area is 117 Å². The van der Waals surface area contributed by atoms with E-state index in [1.165, 1.54) is 5.56 Å².